The van der Waals surface area contributed by atoms with Crippen molar-refractivity contribution in [3.63, 3.8) is 0 Å². The van der Waals surface area contributed by atoms with Gasteiger partial charge in [0.25, 0.3) is 0 Å². The van der Waals surface area contributed by atoms with Crippen molar-refractivity contribution in [2.75, 3.05) is 14.1 Å². The number of halogens is 4. The maximum atomic E-state index is 14.1. The van der Waals surface area contributed by atoms with Crippen LogP contribution in [0.2, 0.25) is 0 Å². The molecule has 11 heteroatoms. The summed E-state index contributed by atoms with van der Waals surface area (Å²) < 4.78 is 54.3. The van der Waals surface area contributed by atoms with E-state index in [2.05, 4.69) is 20.7 Å². The number of nitrogens with zero attached hydrogens (tertiary/aromatic N) is 1. The van der Waals surface area contributed by atoms with Crippen LogP contribution in [0.3, 0.4) is 0 Å². The van der Waals surface area contributed by atoms with Crippen molar-refractivity contribution in [2.24, 2.45) is 0 Å². The summed E-state index contributed by atoms with van der Waals surface area (Å²) >= 11 is 0. The van der Waals surface area contributed by atoms with E-state index in [1.54, 1.807) is 19.0 Å². The molecule has 150 valence electrons. The van der Waals surface area contributed by atoms with E-state index in [0.717, 1.165) is 12.1 Å². The van der Waals surface area contributed by atoms with Gasteiger partial charge in [-0.3, -0.25) is 19.8 Å². The Morgan fingerprint density at radius 1 is 1.37 bits per heavy atom. The zero-order chi connectivity index (χ0) is 20.4. The van der Waals surface area contributed by atoms with Gasteiger partial charge in [-0.25, -0.2) is 4.39 Å². The molecule has 1 fully saturated rings. The van der Waals surface area contributed by atoms with Crippen LogP contribution in [0.15, 0.2) is 18.2 Å². The topological polar surface area (TPSA) is 82.7 Å². The van der Waals surface area contributed by atoms with E-state index < -0.39 is 42.2 Å². The molecule has 27 heavy (non-hydrogen) atoms. The van der Waals surface area contributed by atoms with Gasteiger partial charge in [-0.05, 0) is 27.1 Å². The fourth-order valence-corrected chi connectivity index (χ4v) is 2.58. The number of carbonyl (C=O) groups is 2. The largest absolute Gasteiger partial charge is 0.573 e. The molecule has 1 aliphatic rings. The van der Waals surface area contributed by atoms with Crippen LogP contribution < -0.4 is 20.7 Å². The Balaban J connectivity index is 2.04. The maximum absolute atomic E-state index is 14.1. The highest BCUT2D eigenvalue weighted by Gasteiger charge is 2.33. The average molecular weight is 392 g/mol. The lowest BCUT2D eigenvalue weighted by Gasteiger charge is -2.35. The van der Waals surface area contributed by atoms with Crippen molar-refractivity contribution in [3.8, 4) is 5.75 Å². The number of carbonyl (C=O) groups excluding carboxylic acids is 2. The Labute approximate surface area is 153 Å². The normalized spacial score (nSPS) is 21.6. The van der Waals surface area contributed by atoms with Gasteiger partial charge in [0.15, 0.2) is 0 Å². The van der Waals surface area contributed by atoms with Crippen molar-refractivity contribution in [1.29, 1.82) is 0 Å². The molecule has 0 radical (unpaired) electrons. The molecule has 1 aromatic carbocycles. The first kappa shape index (κ1) is 20.9. The van der Waals surface area contributed by atoms with Crippen LogP contribution >= 0.6 is 0 Å². The second-order valence-corrected chi connectivity index (χ2v) is 6.32. The molecule has 0 aliphatic carbocycles. The molecule has 1 saturated heterocycles. The van der Waals surface area contributed by atoms with Crippen LogP contribution in [0.5, 0.6) is 5.75 Å². The smallest absolute Gasteiger partial charge is 0.406 e. The predicted molar refractivity (Wildman–Crippen MR) is 86.8 cm³/mol. The number of hydrogen-bond donors (Lipinski definition) is 3. The summed E-state index contributed by atoms with van der Waals surface area (Å²) in [6, 6.07) is 1.000. The van der Waals surface area contributed by atoms with Crippen LogP contribution in [0.1, 0.15) is 24.9 Å². The van der Waals surface area contributed by atoms with Gasteiger partial charge >= 0.3 is 6.36 Å². The molecular weight excluding hydrogens is 372 g/mol. The summed E-state index contributed by atoms with van der Waals surface area (Å²) in [4.78, 5) is 25.8. The Bertz CT molecular complexity index is 711. The molecule has 3 atom stereocenters. The lowest BCUT2D eigenvalue weighted by molar-refractivity contribution is -0.274. The van der Waals surface area contributed by atoms with Crippen LogP contribution in [-0.4, -0.2) is 49.5 Å². The second kappa shape index (κ2) is 8.09. The predicted octanol–water partition coefficient (Wildman–Crippen LogP) is 1.22. The van der Waals surface area contributed by atoms with Crippen LogP contribution in [0.25, 0.3) is 0 Å². The average Bonchev–Trinajstić information content (AvgIpc) is 2.52. The highest BCUT2D eigenvalue weighted by molar-refractivity contribution is 5.89. The number of rotatable bonds is 5. The van der Waals surface area contributed by atoms with Crippen molar-refractivity contribution in [3.05, 3.63) is 29.6 Å². The number of nitrogens with one attached hydrogen (secondary N) is 3. The van der Waals surface area contributed by atoms with Gasteiger partial charge < -0.3 is 15.4 Å². The van der Waals surface area contributed by atoms with E-state index in [9.17, 15) is 27.2 Å². The van der Waals surface area contributed by atoms with Crippen molar-refractivity contribution in [2.45, 2.75) is 38.1 Å². The lowest BCUT2D eigenvalue weighted by Crippen LogP contribution is -2.65. The van der Waals surface area contributed by atoms with Crippen molar-refractivity contribution >= 4 is 11.8 Å². The summed E-state index contributed by atoms with van der Waals surface area (Å²) in [5, 5.41) is 8.13. The number of hydrogen-bond acceptors (Lipinski definition) is 5. The Morgan fingerprint density at radius 2 is 2.04 bits per heavy atom. The van der Waals surface area contributed by atoms with Gasteiger partial charge in [-0.1, -0.05) is 6.07 Å². The summed E-state index contributed by atoms with van der Waals surface area (Å²) in [5.74, 6) is -2.49. The molecule has 2 rings (SSSR count). The summed E-state index contributed by atoms with van der Waals surface area (Å²) in [6.45, 7) is 1.48. The van der Waals surface area contributed by atoms with E-state index >= 15 is 0 Å². The number of amides is 2. The van der Waals surface area contributed by atoms with E-state index in [4.69, 9.17) is 0 Å². The highest BCUT2D eigenvalue weighted by Crippen LogP contribution is 2.26. The minimum atomic E-state index is -4.93. The molecule has 2 unspecified atom stereocenters. The SMILES string of the molecule is C[C@@H](NC(=O)C1CC(=O)NC(N(C)C)N1)c1ccc(OC(F)(F)F)cc1F. The molecule has 0 bridgehead atoms. The fourth-order valence-electron chi connectivity index (χ4n) is 2.58. The zero-order valence-electron chi connectivity index (χ0n) is 14.9. The van der Waals surface area contributed by atoms with Crippen LogP contribution in [-0.2, 0) is 9.59 Å². The molecule has 3 N–H and O–H groups in total. The van der Waals surface area contributed by atoms with Crippen LogP contribution in [0.4, 0.5) is 17.6 Å². The highest BCUT2D eigenvalue weighted by atomic mass is 19.4. The zero-order valence-corrected chi connectivity index (χ0v) is 14.9. The van der Waals surface area contributed by atoms with Crippen molar-refractivity contribution in [1.82, 2.24) is 20.9 Å². The number of alkyl halides is 3. The molecule has 1 aromatic rings. The Hall–Kier alpha value is -2.40. The van der Waals surface area contributed by atoms with Gasteiger partial charge in [0.2, 0.25) is 11.8 Å². The molecule has 0 saturated carbocycles. The van der Waals surface area contributed by atoms with Crippen LogP contribution in [0, 0.1) is 5.82 Å². The van der Waals surface area contributed by atoms with Crippen molar-refractivity contribution < 1.29 is 31.9 Å². The minimum absolute atomic E-state index is 0.0118. The van der Waals surface area contributed by atoms with E-state index in [1.165, 1.54) is 6.92 Å². The monoisotopic (exact) mass is 392 g/mol. The quantitative estimate of drug-likeness (QED) is 0.657. The Kier molecular flexibility index (Phi) is 6.26. The molecule has 1 heterocycles. The summed E-state index contributed by atoms with van der Waals surface area (Å²) in [6.07, 6.45) is -5.55. The van der Waals surface area contributed by atoms with Gasteiger partial charge in [-0.15, -0.1) is 13.2 Å². The third-order valence-corrected chi connectivity index (χ3v) is 3.91. The first-order valence-corrected chi connectivity index (χ1v) is 8.03. The van der Waals surface area contributed by atoms with Gasteiger partial charge in [-0.2, -0.15) is 0 Å². The molecule has 0 aromatic heterocycles. The number of benzene rings is 1. The summed E-state index contributed by atoms with van der Waals surface area (Å²) in [5.41, 5.74) is -0.0118. The van der Waals surface area contributed by atoms with E-state index in [1.807, 2.05) is 0 Å². The first-order chi connectivity index (χ1) is 12.5. The minimum Gasteiger partial charge on any atom is -0.406 e. The summed E-state index contributed by atoms with van der Waals surface area (Å²) in [7, 11) is 3.42. The van der Waals surface area contributed by atoms with E-state index in [0.29, 0.717) is 6.07 Å². The van der Waals surface area contributed by atoms with E-state index in [-0.39, 0.29) is 17.9 Å². The first-order valence-electron chi connectivity index (χ1n) is 8.03. The fraction of sp³-hybridized carbons (Fsp3) is 0.500. The molecular formula is C16H20F4N4O3. The van der Waals surface area contributed by atoms with Gasteiger partial charge in [0.1, 0.15) is 17.9 Å². The molecule has 2 amide bonds. The lowest BCUT2D eigenvalue weighted by atomic mass is 10.1. The molecule has 7 nitrogen and oxygen atoms in total. The maximum Gasteiger partial charge on any atom is 0.573 e. The third-order valence-electron chi connectivity index (χ3n) is 3.91. The standard InChI is InChI=1S/C16H20F4N4O3/c1-8(10-5-4-9(6-11(10)17)27-16(18,19)20)21-14(26)12-7-13(25)23-15(22-12)24(2)3/h4-6,8,12,15,22H,7H2,1-3H3,(H,21,26)(H,23,25)/t8-,12?,15?/m1/s1. The Morgan fingerprint density at radius 3 is 2.59 bits per heavy atom. The van der Waals surface area contributed by atoms with Gasteiger partial charge in [0.05, 0.1) is 18.5 Å². The molecule has 0 spiro atoms. The van der Waals surface area contributed by atoms with Gasteiger partial charge in [0, 0.05) is 11.6 Å². The second-order valence-electron chi connectivity index (χ2n) is 6.32. The third kappa shape index (κ3) is 5.79. The number of ether oxygens (including phenoxy) is 1. The molecule has 1 aliphatic heterocycles.